The predicted molar refractivity (Wildman–Crippen MR) is 92.7 cm³/mol. The number of carboxylic acid groups (broad SMARTS) is 6. The van der Waals surface area contributed by atoms with Crippen LogP contribution in [0.2, 0.25) is 0 Å². The molecule has 6 unspecified atom stereocenters. The first-order valence-corrected chi connectivity index (χ1v) is 9.63. The van der Waals surface area contributed by atoms with Crippen molar-refractivity contribution in [3.05, 3.63) is 0 Å². The van der Waals surface area contributed by atoms with Crippen molar-refractivity contribution in [3.8, 4) is 0 Å². The molecule has 220 valence electrons. The Bertz CT molecular complexity index is 682. The SMILES string of the molecule is NC1CCCCC1N.O=C([O-])CC(C(=O)[O-])C(O)C(=O)[O-].O=C([O-])CC(C(=O)[O-])C(O)C(=O)[O-].[Pt+2].[Pt+2].[Pt+2]. The van der Waals surface area contributed by atoms with Crippen molar-refractivity contribution in [2.75, 3.05) is 0 Å². The number of hydrogen-bond donors (Lipinski definition) is 4. The molecule has 0 heterocycles. The summed E-state index contributed by atoms with van der Waals surface area (Å²) >= 11 is 0. The van der Waals surface area contributed by atoms with Crippen LogP contribution in [-0.4, -0.2) is 70.3 Å². The van der Waals surface area contributed by atoms with E-state index >= 15 is 0 Å². The van der Waals surface area contributed by atoms with Crippen LogP contribution in [-0.2, 0) is 92.0 Å². The predicted octanol–water partition coefficient (Wildman–Crippen LogP) is -10.6. The van der Waals surface area contributed by atoms with Crippen molar-refractivity contribution >= 4 is 35.8 Å². The van der Waals surface area contributed by atoms with Gasteiger partial charge in [0.2, 0.25) is 0 Å². The zero-order valence-corrected chi connectivity index (χ0v) is 25.4. The maximum atomic E-state index is 10.1. The molecule has 19 heteroatoms. The average Bonchev–Trinajstić information content (AvgIpc) is 2.71. The van der Waals surface area contributed by atoms with Gasteiger partial charge in [-0.3, -0.25) is 0 Å². The summed E-state index contributed by atoms with van der Waals surface area (Å²) in [5.74, 6) is -15.8. The van der Waals surface area contributed by atoms with Crippen LogP contribution >= 0.6 is 0 Å². The van der Waals surface area contributed by atoms with E-state index in [4.69, 9.17) is 21.7 Å². The van der Waals surface area contributed by atoms with Gasteiger partial charge < -0.3 is 81.1 Å². The Morgan fingerprint density at radius 3 is 0.973 bits per heavy atom. The number of aliphatic carboxylic acids is 6. The summed E-state index contributed by atoms with van der Waals surface area (Å²) in [5, 5.41) is 77.3. The molecule has 0 aromatic carbocycles. The molecule has 0 bridgehead atoms. The van der Waals surface area contributed by atoms with E-state index in [0.29, 0.717) is 0 Å². The van der Waals surface area contributed by atoms with E-state index in [0.717, 1.165) is 12.8 Å². The molecule has 1 rings (SSSR count). The van der Waals surface area contributed by atoms with Crippen molar-refractivity contribution in [2.45, 2.75) is 62.8 Å². The van der Waals surface area contributed by atoms with Gasteiger partial charge in [-0.2, -0.15) is 0 Å². The second kappa shape index (κ2) is 23.8. The number of aliphatic hydroxyl groups excluding tert-OH is 2. The zero-order valence-electron chi connectivity index (χ0n) is 18.6. The Kier molecular flexibility index (Phi) is 29.4. The van der Waals surface area contributed by atoms with Gasteiger partial charge in [0, 0.05) is 47.8 Å². The molecule has 0 aliphatic heterocycles. The van der Waals surface area contributed by atoms with Crippen LogP contribution in [0.1, 0.15) is 38.5 Å². The van der Waals surface area contributed by atoms with Gasteiger partial charge in [-0.1, -0.05) is 12.8 Å². The monoisotopic (exact) mass is 1080 g/mol. The number of nitrogens with two attached hydrogens (primary N) is 2. The summed E-state index contributed by atoms with van der Waals surface area (Å²) in [4.78, 5) is 60.0. The van der Waals surface area contributed by atoms with Gasteiger partial charge in [-0.15, -0.1) is 0 Å². The van der Waals surface area contributed by atoms with Crippen molar-refractivity contribution in [1.29, 1.82) is 0 Å². The Morgan fingerprint density at radius 2 is 0.838 bits per heavy atom. The van der Waals surface area contributed by atoms with Crippen LogP contribution in [0.4, 0.5) is 0 Å². The Balaban J connectivity index is -0.000000136. The molecule has 1 aliphatic rings. The maximum Gasteiger partial charge on any atom is 2.00 e. The minimum atomic E-state index is -2.41. The van der Waals surface area contributed by atoms with Gasteiger partial charge in [-0.05, 0) is 25.7 Å². The van der Waals surface area contributed by atoms with Gasteiger partial charge >= 0.3 is 63.2 Å². The summed E-state index contributed by atoms with van der Waals surface area (Å²) < 4.78 is 0. The largest absolute Gasteiger partial charge is 2.00 e. The van der Waals surface area contributed by atoms with Crippen LogP contribution in [0, 0.1) is 11.8 Å². The van der Waals surface area contributed by atoms with E-state index in [-0.39, 0.29) is 75.3 Å². The molecular weight excluding hydrogens is 1050 g/mol. The molecule has 1 saturated carbocycles. The Hall–Kier alpha value is -1.28. The minimum Gasteiger partial charge on any atom is -0.550 e. The minimum absolute atomic E-state index is 0. The third kappa shape index (κ3) is 21.4. The van der Waals surface area contributed by atoms with Crippen molar-refractivity contribution in [3.63, 3.8) is 0 Å². The van der Waals surface area contributed by atoms with Crippen LogP contribution < -0.4 is 42.1 Å². The third-order valence-electron chi connectivity index (χ3n) is 4.50. The fraction of sp³-hybridized carbons (Fsp3) is 0.667. The van der Waals surface area contributed by atoms with Gasteiger partial charge in [0.15, 0.2) is 0 Å². The first-order valence-electron chi connectivity index (χ1n) is 9.63. The van der Waals surface area contributed by atoms with Crippen LogP contribution in [0.15, 0.2) is 0 Å². The molecule has 0 spiro atoms. The second-order valence-electron chi connectivity index (χ2n) is 7.14. The standard InChI is InChI=1S/C6H14N2.2C6H8O7.3Pt/c7-5-3-1-2-4-6(5)8;2*7-3(8)1-2(5(10)11)4(9)6(12)13;;;/h5-6H,1-4,7-8H2;2*2,4,9H,1H2,(H,7,8)(H,10,11)(H,12,13);;;/q;;;3*+2/p-6. The number of hydrogen-bond acceptors (Lipinski definition) is 16. The zero-order chi connectivity index (χ0) is 27.2. The van der Waals surface area contributed by atoms with E-state index in [9.17, 15) is 59.4 Å². The molecule has 1 fully saturated rings. The molecule has 37 heavy (non-hydrogen) atoms. The van der Waals surface area contributed by atoms with Crippen LogP contribution in [0.3, 0.4) is 0 Å². The number of carboxylic acids is 6. The van der Waals surface area contributed by atoms with Crippen LogP contribution in [0.25, 0.3) is 0 Å². The molecule has 16 nitrogen and oxygen atoms in total. The number of aliphatic hydroxyl groups is 2. The first-order chi connectivity index (χ1) is 15.5. The van der Waals surface area contributed by atoms with E-state index in [1.54, 1.807) is 0 Å². The van der Waals surface area contributed by atoms with Gasteiger partial charge in [0.05, 0.1) is 11.9 Å². The van der Waals surface area contributed by atoms with E-state index in [1.807, 2.05) is 0 Å². The summed E-state index contributed by atoms with van der Waals surface area (Å²) in [5.41, 5.74) is 11.3. The number of rotatable bonds is 10. The number of carbonyl (C=O) groups is 6. The molecule has 0 aromatic heterocycles. The maximum absolute atomic E-state index is 10.1. The summed E-state index contributed by atoms with van der Waals surface area (Å²) in [6.07, 6.45) is -2.31. The van der Waals surface area contributed by atoms with Crippen molar-refractivity contribution in [2.24, 2.45) is 23.3 Å². The topological polar surface area (TPSA) is 333 Å². The Morgan fingerprint density at radius 1 is 0.595 bits per heavy atom. The molecule has 6 atom stereocenters. The molecule has 6 N–H and O–H groups in total. The molecule has 0 amide bonds. The fourth-order valence-corrected chi connectivity index (χ4v) is 2.52. The first kappa shape index (κ1) is 45.6. The smallest absolute Gasteiger partial charge is 0.550 e. The van der Waals surface area contributed by atoms with E-state index < -0.39 is 72.7 Å². The molecule has 0 saturated heterocycles. The van der Waals surface area contributed by atoms with Crippen molar-refractivity contribution in [1.82, 2.24) is 0 Å². The molecule has 0 radical (unpaired) electrons. The third-order valence-corrected chi connectivity index (χ3v) is 4.50. The van der Waals surface area contributed by atoms with E-state index in [1.165, 1.54) is 12.8 Å². The summed E-state index contributed by atoms with van der Waals surface area (Å²) in [6.45, 7) is 0. The molecule has 1 aliphatic carbocycles. The number of carbonyl (C=O) groups excluding carboxylic acids is 6. The molecular formula is C18H24N2O14Pt3. The Labute approximate surface area is 253 Å². The molecule has 0 aromatic rings. The normalized spacial score (nSPS) is 18.8. The second-order valence-corrected chi connectivity index (χ2v) is 7.14. The van der Waals surface area contributed by atoms with E-state index in [2.05, 4.69) is 0 Å². The average molecular weight is 1080 g/mol. The van der Waals surface area contributed by atoms with Crippen LogP contribution in [0.5, 0.6) is 0 Å². The quantitative estimate of drug-likeness (QED) is 0.158. The fourth-order valence-electron chi connectivity index (χ4n) is 2.52. The summed E-state index contributed by atoms with van der Waals surface area (Å²) in [6, 6.07) is 0.562. The van der Waals surface area contributed by atoms with Gasteiger partial charge in [0.1, 0.15) is 12.2 Å². The van der Waals surface area contributed by atoms with Crippen molar-refractivity contribution < 1.29 is 133 Å². The van der Waals surface area contributed by atoms with Gasteiger partial charge in [0.25, 0.3) is 0 Å². The summed E-state index contributed by atoms with van der Waals surface area (Å²) in [7, 11) is 0. The van der Waals surface area contributed by atoms with Gasteiger partial charge in [-0.25, -0.2) is 0 Å².